The average molecular weight is 530 g/mol. The minimum absolute atomic E-state index is 0.0622. The van der Waals surface area contributed by atoms with E-state index in [0.29, 0.717) is 37.0 Å². The van der Waals surface area contributed by atoms with Gasteiger partial charge < -0.3 is 5.32 Å². The molecular weight excluding hydrogens is 494 g/mol. The van der Waals surface area contributed by atoms with Gasteiger partial charge in [0.25, 0.3) is 0 Å². The Morgan fingerprint density at radius 3 is 2.24 bits per heavy atom. The first kappa shape index (κ1) is 26.3. The van der Waals surface area contributed by atoms with E-state index >= 15 is 0 Å². The van der Waals surface area contributed by atoms with Crippen molar-refractivity contribution in [3.8, 4) is 0 Å². The summed E-state index contributed by atoms with van der Waals surface area (Å²) in [5.74, 6) is 1.86. The summed E-state index contributed by atoms with van der Waals surface area (Å²) in [5.41, 5.74) is 4.16. The molecule has 0 unspecified atom stereocenters. The van der Waals surface area contributed by atoms with Crippen LogP contribution in [0.3, 0.4) is 0 Å². The van der Waals surface area contributed by atoms with Crippen LogP contribution in [-0.2, 0) is 10.0 Å². The Hall–Kier alpha value is -3.33. The third kappa shape index (κ3) is 5.43. The molecule has 1 N–H and O–H groups in total. The van der Waals surface area contributed by atoms with Crippen molar-refractivity contribution in [3.63, 3.8) is 0 Å². The molecule has 0 spiro atoms. The van der Waals surface area contributed by atoms with Crippen molar-refractivity contribution in [1.29, 1.82) is 0 Å². The third-order valence-electron chi connectivity index (χ3n) is 7.28. The van der Waals surface area contributed by atoms with Gasteiger partial charge in [0, 0.05) is 37.3 Å². The third-order valence-corrected chi connectivity index (χ3v) is 9.19. The van der Waals surface area contributed by atoms with E-state index in [4.69, 9.17) is 9.97 Å². The molecule has 1 aliphatic rings. The van der Waals surface area contributed by atoms with Crippen molar-refractivity contribution in [2.24, 2.45) is 0 Å². The summed E-state index contributed by atoms with van der Waals surface area (Å²) < 4.78 is 28.1. The van der Waals surface area contributed by atoms with Crippen LogP contribution in [0, 0.1) is 6.92 Å². The van der Waals surface area contributed by atoms with E-state index in [1.165, 1.54) is 5.56 Å². The zero-order valence-electron chi connectivity index (χ0n) is 22.4. The van der Waals surface area contributed by atoms with E-state index < -0.39 is 10.0 Å². The van der Waals surface area contributed by atoms with Crippen LogP contribution in [0.2, 0.25) is 0 Å². The van der Waals surface area contributed by atoms with Gasteiger partial charge in [0.1, 0.15) is 11.6 Å². The lowest BCUT2D eigenvalue weighted by atomic mass is 10.0. The minimum atomic E-state index is -3.53. The molecule has 3 aromatic carbocycles. The maximum absolute atomic E-state index is 13.3. The van der Waals surface area contributed by atoms with Gasteiger partial charge in [-0.1, -0.05) is 50.2 Å². The van der Waals surface area contributed by atoms with E-state index in [0.717, 1.165) is 33.8 Å². The van der Waals surface area contributed by atoms with Gasteiger partial charge in [0.05, 0.1) is 16.5 Å². The van der Waals surface area contributed by atoms with Crippen LogP contribution in [0.1, 0.15) is 49.7 Å². The van der Waals surface area contributed by atoms with Crippen LogP contribution in [0.15, 0.2) is 77.7 Å². The molecule has 1 fully saturated rings. The Bertz CT molecular complexity index is 1530. The van der Waals surface area contributed by atoms with Gasteiger partial charge in [0.15, 0.2) is 0 Å². The Morgan fingerprint density at radius 1 is 0.842 bits per heavy atom. The van der Waals surface area contributed by atoms with Crippen molar-refractivity contribution < 1.29 is 8.42 Å². The van der Waals surface area contributed by atoms with Crippen molar-refractivity contribution >= 4 is 32.4 Å². The Morgan fingerprint density at radius 2 is 1.55 bits per heavy atom. The molecular formula is C30H35N5O2S. The number of benzene rings is 3. The molecule has 1 aliphatic heterocycles. The van der Waals surface area contributed by atoms with Crippen molar-refractivity contribution in [1.82, 2.24) is 19.2 Å². The second-order valence-corrected chi connectivity index (χ2v) is 12.2. The number of para-hydroxylation sites is 1. The number of piperazine rings is 1. The van der Waals surface area contributed by atoms with Crippen LogP contribution in [0.25, 0.3) is 10.9 Å². The number of anilines is 2. The molecule has 7 nitrogen and oxygen atoms in total. The van der Waals surface area contributed by atoms with Gasteiger partial charge in [-0.25, -0.2) is 18.4 Å². The first-order valence-electron chi connectivity index (χ1n) is 13.2. The molecule has 4 aromatic rings. The van der Waals surface area contributed by atoms with E-state index in [2.05, 4.69) is 50.0 Å². The van der Waals surface area contributed by atoms with E-state index in [9.17, 15) is 8.42 Å². The van der Waals surface area contributed by atoms with Crippen molar-refractivity contribution in [2.45, 2.75) is 44.6 Å². The molecule has 0 radical (unpaired) electrons. The average Bonchev–Trinajstić information content (AvgIpc) is 2.92. The smallest absolute Gasteiger partial charge is 0.243 e. The zero-order valence-corrected chi connectivity index (χ0v) is 23.2. The summed E-state index contributed by atoms with van der Waals surface area (Å²) in [6, 6.07) is 23.4. The zero-order chi connectivity index (χ0) is 26.9. The topological polar surface area (TPSA) is 78.4 Å². The van der Waals surface area contributed by atoms with Gasteiger partial charge in [-0.2, -0.15) is 4.31 Å². The predicted molar refractivity (Wildman–Crippen MR) is 153 cm³/mol. The highest BCUT2D eigenvalue weighted by atomic mass is 32.2. The summed E-state index contributed by atoms with van der Waals surface area (Å²) >= 11 is 0. The number of fused-ring (bicyclic) bond motifs is 1. The summed E-state index contributed by atoms with van der Waals surface area (Å²) in [4.78, 5) is 12.4. The summed E-state index contributed by atoms with van der Waals surface area (Å²) in [6.45, 7) is 10.5. The lowest BCUT2D eigenvalue weighted by Crippen LogP contribution is -2.49. The molecule has 1 saturated heterocycles. The molecule has 0 amide bonds. The van der Waals surface area contributed by atoms with Gasteiger partial charge in [-0.05, 0) is 67.3 Å². The van der Waals surface area contributed by atoms with E-state index in [-0.39, 0.29) is 6.04 Å². The lowest BCUT2D eigenvalue weighted by molar-refractivity contribution is 0.141. The monoisotopic (exact) mass is 529 g/mol. The maximum Gasteiger partial charge on any atom is 0.243 e. The van der Waals surface area contributed by atoms with E-state index in [1.54, 1.807) is 16.4 Å². The van der Waals surface area contributed by atoms with Crippen LogP contribution in [-0.4, -0.2) is 53.8 Å². The number of hydrogen-bond acceptors (Lipinski definition) is 6. The number of rotatable bonds is 7. The Labute approximate surface area is 225 Å². The predicted octanol–water partition coefficient (Wildman–Crippen LogP) is 5.87. The first-order chi connectivity index (χ1) is 18.2. The van der Waals surface area contributed by atoms with Gasteiger partial charge in [-0.3, -0.25) is 4.90 Å². The van der Waals surface area contributed by atoms with Gasteiger partial charge in [0.2, 0.25) is 10.0 Å². The molecule has 5 rings (SSSR count). The lowest BCUT2D eigenvalue weighted by Gasteiger charge is -2.37. The van der Waals surface area contributed by atoms with Crippen LogP contribution < -0.4 is 5.32 Å². The SMILES string of the molecule is Cc1cccc(Nc2nc([C@H](C)N3CCN(S(=O)(=O)c4ccc(C(C)C)cc4)CC3)nc3ccccc23)c1. The number of sulfonamides is 1. The molecule has 1 aromatic heterocycles. The number of nitrogens with one attached hydrogen (secondary N) is 1. The molecule has 38 heavy (non-hydrogen) atoms. The van der Waals surface area contributed by atoms with E-state index in [1.807, 2.05) is 48.5 Å². The quantitative estimate of drug-likeness (QED) is 0.322. The number of nitrogens with zero attached hydrogens (tertiary/aromatic N) is 4. The van der Waals surface area contributed by atoms with Gasteiger partial charge in [-0.15, -0.1) is 0 Å². The second-order valence-electron chi connectivity index (χ2n) is 10.3. The van der Waals surface area contributed by atoms with Crippen molar-refractivity contribution in [2.75, 3.05) is 31.5 Å². The largest absolute Gasteiger partial charge is 0.340 e. The van der Waals surface area contributed by atoms with Crippen molar-refractivity contribution in [3.05, 3.63) is 89.7 Å². The molecule has 0 aliphatic carbocycles. The molecule has 198 valence electrons. The fraction of sp³-hybridized carbons (Fsp3) is 0.333. The van der Waals surface area contributed by atoms with Crippen LogP contribution in [0.4, 0.5) is 11.5 Å². The first-order valence-corrected chi connectivity index (χ1v) is 14.6. The Balaban J connectivity index is 1.33. The minimum Gasteiger partial charge on any atom is -0.340 e. The molecule has 1 atom stereocenters. The highest BCUT2D eigenvalue weighted by Crippen LogP contribution is 2.29. The highest BCUT2D eigenvalue weighted by Gasteiger charge is 2.31. The second kappa shape index (κ2) is 10.8. The normalized spacial score (nSPS) is 16.1. The summed E-state index contributed by atoms with van der Waals surface area (Å²) in [5, 5.41) is 4.45. The molecule has 2 heterocycles. The summed E-state index contributed by atoms with van der Waals surface area (Å²) in [7, 11) is -3.53. The van der Waals surface area contributed by atoms with Crippen LogP contribution >= 0.6 is 0 Å². The molecule has 8 heteroatoms. The summed E-state index contributed by atoms with van der Waals surface area (Å²) in [6.07, 6.45) is 0. The number of hydrogen-bond donors (Lipinski definition) is 1. The highest BCUT2D eigenvalue weighted by molar-refractivity contribution is 7.89. The number of aromatic nitrogens is 2. The maximum atomic E-state index is 13.3. The standard InChI is InChI=1S/C30H35N5O2S/c1-21(2)24-12-14-26(15-13-24)38(36,37)35-18-16-34(17-19-35)23(4)29-32-28-11-6-5-10-27(28)30(33-29)31-25-9-7-8-22(3)20-25/h5-15,20-21,23H,16-19H2,1-4H3,(H,31,32,33)/t23-/m0/s1. The fourth-order valence-electron chi connectivity index (χ4n) is 4.90. The van der Waals surface area contributed by atoms with Crippen LogP contribution in [0.5, 0.6) is 0 Å². The van der Waals surface area contributed by atoms with Gasteiger partial charge >= 0.3 is 0 Å². The number of aryl methyl sites for hydroxylation is 1. The molecule has 0 bridgehead atoms. The Kier molecular flexibility index (Phi) is 7.47. The fourth-order valence-corrected chi connectivity index (χ4v) is 6.33. The molecule has 0 saturated carbocycles.